The van der Waals surface area contributed by atoms with Crippen molar-refractivity contribution in [3.05, 3.63) is 0 Å². The Morgan fingerprint density at radius 1 is 0.811 bits per heavy atom. The molecule has 0 saturated heterocycles. The molecule has 0 aromatic rings. The Morgan fingerprint density at radius 2 is 1.35 bits per heavy atom. The summed E-state index contributed by atoms with van der Waals surface area (Å²) in [6.45, 7) is 0.124. The van der Waals surface area contributed by atoms with Crippen LogP contribution in [0.25, 0.3) is 0 Å². The van der Waals surface area contributed by atoms with Crippen LogP contribution < -0.4 is 33.2 Å². The highest BCUT2D eigenvalue weighted by Crippen LogP contribution is 2.06. The molecule has 0 aromatic carbocycles. The Bertz CT molecular complexity index is 852. The van der Waals surface area contributed by atoms with Crippen LogP contribution in [0.3, 0.4) is 0 Å². The number of hydrogen-bond acceptors (Lipinski definition) is 9. The van der Waals surface area contributed by atoms with Crippen LogP contribution in [0.2, 0.25) is 0 Å². The van der Waals surface area contributed by atoms with Gasteiger partial charge in [-0.15, -0.1) is 0 Å². The van der Waals surface area contributed by atoms with Crippen LogP contribution in [0, 0.1) is 0 Å². The Kier molecular flexibility index (Phi) is 16.0. The number of carboxylic acids is 3. The van der Waals surface area contributed by atoms with E-state index in [0.717, 1.165) is 0 Å². The standard InChI is InChI=1S/C20H35N7O9S/c1-37-8-6-10(21)16(32)25-11(3-2-7-24-20(22)23)17(33)26-12(4-5-14(28)29)18(34)27-13(19(35)36)9-15(30)31/h10-13H,2-9,21H2,1H3,(H,25,32)(H,26,33)(H,27,34)(H,28,29)(H,30,31)(H,35,36)(H4,22,23,24). The fourth-order valence-electron chi connectivity index (χ4n) is 2.88. The molecule has 16 nitrogen and oxygen atoms in total. The molecule has 4 atom stereocenters. The summed E-state index contributed by atoms with van der Waals surface area (Å²) in [5, 5.41) is 33.8. The second-order valence-electron chi connectivity index (χ2n) is 7.89. The zero-order chi connectivity index (χ0) is 28.5. The maximum absolute atomic E-state index is 13.0. The molecule has 0 heterocycles. The van der Waals surface area contributed by atoms with Crippen LogP contribution in [0.1, 0.15) is 38.5 Å². The van der Waals surface area contributed by atoms with Gasteiger partial charge in [0.1, 0.15) is 18.1 Å². The highest BCUT2D eigenvalue weighted by Gasteiger charge is 2.31. The van der Waals surface area contributed by atoms with Crippen molar-refractivity contribution in [1.82, 2.24) is 16.0 Å². The number of nitrogens with zero attached hydrogens (tertiary/aromatic N) is 1. The first kappa shape index (κ1) is 33.4. The smallest absolute Gasteiger partial charge is 0.326 e. The number of aliphatic carboxylic acids is 3. The van der Waals surface area contributed by atoms with E-state index in [-0.39, 0.29) is 25.3 Å². The Hall–Kier alpha value is -3.60. The molecule has 0 aliphatic rings. The third-order valence-corrected chi connectivity index (χ3v) is 5.47. The van der Waals surface area contributed by atoms with Gasteiger partial charge in [0.2, 0.25) is 17.7 Å². The number of rotatable bonds is 19. The van der Waals surface area contributed by atoms with Gasteiger partial charge in [0.15, 0.2) is 5.96 Å². The number of hydrogen-bond donors (Lipinski definition) is 9. The van der Waals surface area contributed by atoms with Crippen molar-refractivity contribution >= 4 is 53.4 Å². The van der Waals surface area contributed by atoms with Crippen LogP contribution in [0.15, 0.2) is 4.99 Å². The topological polar surface area (TPSA) is 290 Å². The van der Waals surface area contributed by atoms with Crippen LogP contribution in [0.5, 0.6) is 0 Å². The zero-order valence-corrected chi connectivity index (χ0v) is 21.2. The number of guanidine groups is 1. The summed E-state index contributed by atoms with van der Waals surface area (Å²) in [5.74, 6) is -6.62. The van der Waals surface area contributed by atoms with Gasteiger partial charge in [-0.2, -0.15) is 11.8 Å². The van der Waals surface area contributed by atoms with Gasteiger partial charge < -0.3 is 48.5 Å². The van der Waals surface area contributed by atoms with Crippen molar-refractivity contribution < 1.29 is 44.1 Å². The molecule has 0 aliphatic carbocycles. The van der Waals surface area contributed by atoms with Crippen LogP contribution >= 0.6 is 11.8 Å². The maximum Gasteiger partial charge on any atom is 0.326 e. The van der Waals surface area contributed by atoms with Crippen LogP contribution in [-0.4, -0.2) is 99.6 Å². The number of carbonyl (C=O) groups excluding carboxylic acids is 3. The fourth-order valence-corrected chi connectivity index (χ4v) is 3.37. The molecular formula is C20H35N7O9S. The van der Waals surface area contributed by atoms with E-state index in [4.69, 9.17) is 32.5 Å². The molecule has 0 fully saturated rings. The number of nitrogens with one attached hydrogen (secondary N) is 3. The Morgan fingerprint density at radius 3 is 1.84 bits per heavy atom. The van der Waals surface area contributed by atoms with Gasteiger partial charge in [0, 0.05) is 13.0 Å². The first-order valence-electron chi connectivity index (χ1n) is 11.2. The molecule has 0 radical (unpaired) electrons. The molecule has 4 unspecified atom stereocenters. The van der Waals surface area contributed by atoms with Crippen molar-refractivity contribution in [2.75, 3.05) is 18.6 Å². The molecule has 37 heavy (non-hydrogen) atoms. The van der Waals surface area contributed by atoms with E-state index in [1.807, 2.05) is 11.6 Å². The number of carboxylic acid groups (broad SMARTS) is 3. The SMILES string of the molecule is CSCCC(N)C(=O)NC(CCCN=C(N)N)C(=O)NC(CCC(=O)O)C(=O)NC(CC(=O)O)C(=O)O. The summed E-state index contributed by atoms with van der Waals surface area (Å²) in [4.78, 5) is 75.2. The summed E-state index contributed by atoms with van der Waals surface area (Å²) < 4.78 is 0. The summed E-state index contributed by atoms with van der Waals surface area (Å²) >= 11 is 1.47. The average Bonchev–Trinajstić information content (AvgIpc) is 2.80. The highest BCUT2D eigenvalue weighted by atomic mass is 32.2. The normalized spacial score (nSPS) is 13.8. The number of aliphatic imine (C=N–C) groups is 1. The fraction of sp³-hybridized carbons (Fsp3) is 0.650. The van der Waals surface area contributed by atoms with E-state index in [9.17, 15) is 28.8 Å². The van der Waals surface area contributed by atoms with Crippen molar-refractivity contribution in [3.63, 3.8) is 0 Å². The molecule has 0 saturated carbocycles. The minimum Gasteiger partial charge on any atom is -0.481 e. The van der Waals surface area contributed by atoms with E-state index in [1.165, 1.54) is 11.8 Å². The lowest BCUT2D eigenvalue weighted by atomic mass is 10.1. The Balaban J connectivity index is 5.67. The molecule has 17 heteroatoms. The lowest BCUT2D eigenvalue weighted by molar-refractivity contribution is -0.147. The molecule has 12 N–H and O–H groups in total. The second kappa shape index (κ2) is 17.8. The lowest BCUT2D eigenvalue weighted by Crippen LogP contribution is -2.57. The summed E-state index contributed by atoms with van der Waals surface area (Å²) in [6.07, 6.45) is 0.468. The Labute approximate surface area is 217 Å². The maximum atomic E-state index is 13.0. The van der Waals surface area contributed by atoms with Crippen molar-refractivity contribution in [2.45, 2.75) is 62.7 Å². The molecule has 0 aromatic heterocycles. The minimum absolute atomic E-state index is 0.0215. The van der Waals surface area contributed by atoms with Crippen molar-refractivity contribution in [3.8, 4) is 0 Å². The quantitative estimate of drug-likeness (QED) is 0.0441. The number of thioether (sulfide) groups is 1. The van der Waals surface area contributed by atoms with Gasteiger partial charge >= 0.3 is 17.9 Å². The predicted octanol–water partition coefficient (Wildman–Crippen LogP) is -3.00. The molecule has 3 amide bonds. The molecular weight excluding hydrogens is 514 g/mol. The first-order valence-corrected chi connectivity index (χ1v) is 12.5. The first-order chi connectivity index (χ1) is 17.3. The van der Waals surface area contributed by atoms with E-state index in [0.29, 0.717) is 12.2 Å². The lowest BCUT2D eigenvalue weighted by Gasteiger charge is -2.25. The van der Waals surface area contributed by atoms with Crippen molar-refractivity contribution in [1.29, 1.82) is 0 Å². The number of nitrogens with two attached hydrogens (primary N) is 3. The average molecular weight is 550 g/mol. The van der Waals surface area contributed by atoms with Gasteiger partial charge in [0.25, 0.3) is 0 Å². The van der Waals surface area contributed by atoms with Gasteiger partial charge in [-0.3, -0.25) is 29.0 Å². The third-order valence-electron chi connectivity index (χ3n) is 4.82. The van der Waals surface area contributed by atoms with E-state index < -0.39 is 79.1 Å². The third kappa shape index (κ3) is 15.2. The number of amides is 3. The van der Waals surface area contributed by atoms with Gasteiger partial charge in [-0.25, -0.2) is 4.79 Å². The number of carbonyl (C=O) groups is 6. The molecule has 0 spiro atoms. The predicted molar refractivity (Wildman–Crippen MR) is 133 cm³/mol. The molecule has 0 rings (SSSR count). The van der Waals surface area contributed by atoms with Gasteiger partial charge in [-0.1, -0.05) is 0 Å². The molecule has 0 bridgehead atoms. The molecule has 210 valence electrons. The van der Waals surface area contributed by atoms with Gasteiger partial charge in [-0.05, 0) is 37.7 Å². The zero-order valence-electron chi connectivity index (χ0n) is 20.3. The van der Waals surface area contributed by atoms with Crippen LogP contribution in [-0.2, 0) is 28.8 Å². The van der Waals surface area contributed by atoms with E-state index in [1.54, 1.807) is 0 Å². The molecule has 0 aliphatic heterocycles. The van der Waals surface area contributed by atoms with Crippen molar-refractivity contribution in [2.24, 2.45) is 22.2 Å². The monoisotopic (exact) mass is 549 g/mol. The second-order valence-corrected chi connectivity index (χ2v) is 8.87. The largest absolute Gasteiger partial charge is 0.481 e. The highest BCUT2D eigenvalue weighted by molar-refractivity contribution is 7.98. The summed E-state index contributed by atoms with van der Waals surface area (Å²) in [6, 6.07) is -5.49. The summed E-state index contributed by atoms with van der Waals surface area (Å²) in [5.41, 5.74) is 16.4. The van der Waals surface area contributed by atoms with E-state index >= 15 is 0 Å². The summed E-state index contributed by atoms with van der Waals surface area (Å²) in [7, 11) is 0. The van der Waals surface area contributed by atoms with E-state index in [2.05, 4.69) is 15.6 Å². The van der Waals surface area contributed by atoms with Crippen LogP contribution in [0.4, 0.5) is 0 Å². The van der Waals surface area contributed by atoms with Gasteiger partial charge in [0.05, 0.1) is 12.5 Å². The minimum atomic E-state index is -1.82.